The summed E-state index contributed by atoms with van der Waals surface area (Å²) in [7, 11) is 1.30. The number of aromatic amines is 1. The van der Waals surface area contributed by atoms with Crippen LogP contribution in [0.4, 0.5) is 4.79 Å². The van der Waals surface area contributed by atoms with Gasteiger partial charge in [-0.15, -0.1) is 0 Å². The Hall–Kier alpha value is -2.30. The van der Waals surface area contributed by atoms with Crippen LogP contribution in [0.1, 0.15) is 18.1 Å². The van der Waals surface area contributed by atoms with Gasteiger partial charge in [0.1, 0.15) is 0 Å². The largest absolute Gasteiger partial charge is 0.452 e. The van der Waals surface area contributed by atoms with E-state index in [0.717, 1.165) is 22.9 Å². The molecule has 0 atom stereocenters. The van der Waals surface area contributed by atoms with Gasteiger partial charge in [-0.25, -0.2) is 10.2 Å². The molecule has 2 rings (SSSR count). The highest BCUT2D eigenvalue weighted by molar-refractivity contribution is 6.00. The monoisotopic (exact) mass is 245 g/mol. The fourth-order valence-electron chi connectivity index (χ4n) is 1.84. The van der Waals surface area contributed by atoms with Crippen LogP contribution in [0.3, 0.4) is 0 Å². The molecule has 0 saturated carbocycles. The molecule has 0 radical (unpaired) electrons. The van der Waals surface area contributed by atoms with Crippen LogP contribution in [-0.2, 0) is 11.2 Å². The van der Waals surface area contributed by atoms with E-state index >= 15 is 0 Å². The number of hydrazone groups is 1. The second kappa shape index (κ2) is 5.35. The second-order valence-electron chi connectivity index (χ2n) is 3.80. The quantitative estimate of drug-likeness (QED) is 0.644. The van der Waals surface area contributed by atoms with Gasteiger partial charge in [-0.2, -0.15) is 5.10 Å². The summed E-state index contributed by atoms with van der Waals surface area (Å²) in [5.41, 5.74) is 5.55. The van der Waals surface area contributed by atoms with E-state index in [1.807, 2.05) is 18.3 Å². The molecule has 0 aliphatic rings. The molecule has 1 aromatic heterocycles. The van der Waals surface area contributed by atoms with E-state index in [2.05, 4.69) is 33.2 Å². The number of aryl methyl sites for hydroxylation is 1. The third kappa shape index (κ3) is 2.34. The first-order valence-corrected chi connectivity index (χ1v) is 5.72. The molecule has 5 nitrogen and oxygen atoms in total. The summed E-state index contributed by atoms with van der Waals surface area (Å²) in [6.07, 6.45) is 3.84. The Bertz CT molecular complexity index is 587. The molecule has 0 aliphatic heterocycles. The first-order valence-electron chi connectivity index (χ1n) is 5.72. The lowest BCUT2D eigenvalue weighted by molar-refractivity contribution is 0.171. The number of amides is 1. The minimum Gasteiger partial charge on any atom is -0.452 e. The van der Waals surface area contributed by atoms with E-state index in [1.54, 1.807) is 6.21 Å². The molecule has 5 heteroatoms. The molecule has 1 amide bonds. The highest BCUT2D eigenvalue weighted by Crippen LogP contribution is 2.20. The van der Waals surface area contributed by atoms with Gasteiger partial charge in [0.15, 0.2) is 0 Å². The van der Waals surface area contributed by atoms with Crippen molar-refractivity contribution in [3.8, 4) is 0 Å². The van der Waals surface area contributed by atoms with Crippen LogP contribution in [0.5, 0.6) is 0 Å². The molecule has 94 valence electrons. The van der Waals surface area contributed by atoms with Gasteiger partial charge in [0.25, 0.3) is 0 Å². The molecule has 0 aliphatic carbocycles. The average molecular weight is 245 g/mol. The van der Waals surface area contributed by atoms with Gasteiger partial charge < -0.3 is 9.72 Å². The Balaban J connectivity index is 2.27. The van der Waals surface area contributed by atoms with Crippen molar-refractivity contribution in [2.24, 2.45) is 5.10 Å². The standard InChI is InChI=1S/C13H15N3O2/c1-3-9-5-4-6-11-10(7-14-12(9)11)8-15-16-13(17)18-2/h4-8,14H,3H2,1-2H3,(H,16,17)/b15-8+. The van der Waals surface area contributed by atoms with Crippen LogP contribution in [0.15, 0.2) is 29.5 Å². The van der Waals surface area contributed by atoms with E-state index in [1.165, 1.54) is 12.7 Å². The van der Waals surface area contributed by atoms with Crippen molar-refractivity contribution in [3.05, 3.63) is 35.5 Å². The number of benzene rings is 1. The summed E-state index contributed by atoms with van der Waals surface area (Å²) in [6, 6.07) is 6.12. The Morgan fingerprint density at radius 1 is 1.56 bits per heavy atom. The number of methoxy groups -OCH3 is 1. The summed E-state index contributed by atoms with van der Waals surface area (Å²) in [6.45, 7) is 2.11. The van der Waals surface area contributed by atoms with Gasteiger partial charge in [-0.05, 0) is 12.0 Å². The number of ether oxygens (including phenoxy) is 1. The summed E-state index contributed by atoms with van der Waals surface area (Å²) in [5.74, 6) is 0. The fraction of sp³-hybridized carbons (Fsp3) is 0.231. The average Bonchev–Trinajstić information content (AvgIpc) is 2.82. The van der Waals surface area contributed by atoms with Crippen molar-refractivity contribution >= 4 is 23.2 Å². The van der Waals surface area contributed by atoms with Gasteiger partial charge in [-0.3, -0.25) is 0 Å². The minimum absolute atomic E-state index is 0.583. The maximum atomic E-state index is 10.8. The number of H-pyrrole nitrogens is 1. The summed E-state index contributed by atoms with van der Waals surface area (Å²) >= 11 is 0. The normalized spacial score (nSPS) is 11.0. The zero-order valence-electron chi connectivity index (χ0n) is 10.4. The zero-order chi connectivity index (χ0) is 13.0. The highest BCUT2D eigenvalue weighted by Gasteiger charge is 2.04. The zero-order valence-corrected chi connectivity index (χ0v) is 10.4. The SMILES string of the molecule is CCc1cccc2c(/C=N/NC(=O)OC)c[nH]c12. The lowest BCUT2D eigenvalue weighted by atomic mass is 10.1. The van der Waals surface area contributed by atoms with Crippen LogP contribution in [-0.4, -0.2) is 24.4 Å². The van der Waals surface area contributed by atoms with Gasteiger partial charge in [0, 0.05) is 22.7 Å². The van der Waals surface area contributed by atoms with E-state index in [-0.39, 0.29) is 0 Å². The van der Waals surface area contributed by atoms with Gasteiger partial charge in [0.2, 0.25) is 0 Å². The molecule has 18 heavy (non-hydrogen) atoms. The van der Waals surface area contributed by atoms with Crippen LogP contribution >= 0.6 is 0 Å². The highest BCUT2D eigenvalue weighted by atomic mass is 16.5. The topological polar surface area (TPSA) is 66.5 Å². The number of carbonyl (C=O) groups excluding carboxylic acids is 1. The van der Waals surface area contributed by atoms with E-state index in [9.17, 15) is 4.79 Å². The molecular weight excluding hydrogens is 230 g/mol. The first kappa shape index (κ1) is 12.2. The van der Waals surface area contributed by atoms with Crippen LogP contribution in [0.2, 0.25) is 0 Å². The van der Waals surface area contributed by atoms with Gasteiger partial charge in [0.05, 0.1) is 13.3 Å². The van der Waals surface area contributed by atoms with E-state index < -0.39 is 6.09 Å². The predicted molar refractivity (Wildman–Crippen MR) is 70.8 cm³/mol. The van der Waals surface area contributed by atoms with E-state index in [4.69, 9.17) is 0 Å². The number of carbonyl (C=O) groups is 1. The van der Waals surface area contributed by atoms with Crippen molar-refractivity contribution in [2.45, 2.75) is 13.3 Å². The molecule has 2 aromatic rings. The second-order valence-corrected chi connectivity index (χ2v) is 3.80. The summed E-state index contributed by atoms with van der Waals surface area (Å²) in [4.78, 5) is 14.1. The van der Waals surface area contributed by atoms with Crippen LogP contribution in [0, 0.1) is 0 Å². The number of hydrogen-bond donors (Lipinski definition) is 2. The Labute approximate surface area is 105 Å². The summed E-state index contributed by atoms with van der Waals surface area (Å²) in [5, 5.41) is 4.91. The number of hydrogen-bond acceptors (Lipinski definition) is 3. The number of para-hydroxylation sites is 1. The molecule has 0 fully saturated rings. The molecule has 0 spiro atoms. The van der Waals surface area contributed by atoms with Crippen molar-refractivity contribution in [1.82, 2.24) is 10.4 Å². The van der Waals surface area contributed by atoms with Crippen molar-refractivity contribution in [1.29, 1.82) is 0 Å². The lowest BCUT2D eigenvalue weighted by Gasteiger charge is -1.99. The Morgan fingerprint density at radius 2 is 2.39 bits per heavy atom. The molecule has 1 aromatic carbocycles. The van der Waals surface area contributed by atoms with Crippen LogP contribution in [0.25, 0.3) is 10.9 Å². The molecule has 1 heterocycles. The number of aromatic nitrogens is 1. The fourth-order valence-corrected chi connectivity index (χ4v) is 1.84. The molecule has 2 N–H and O–H groups in total. The molecular formula is C13H15N3O2. The minimum atomic E-state index is -0.583. The third-order valence-electron chi connectivity index (χ3n) is 2.76. The van der Waals surface area contributed by atoms with Crippen LogP contribution < -0.4 is 5.43 Å². The number of nitrogens with zero attached hydrogens (tertiary/aromatic N) is 1. The maximum absolute atomic E-state index is 10.8. The van der Waals surface area contributed by atoms with Crippen molar-refractivity contribution in [2.75, 3.05) is 7.11 Å². The number of nitrogens with one attached hydrogen (secondary N) is 2. The molecule has 0 bridgehead atoms. The Kier molecular flexibility index (Phi) is 3.62. The van der Waals surface area contributed by atoms with Crippen molar-refractivity contribution < 1.29 is 9.53 Å². The Morgan fingerprint density at radius 3 is 3.11 bits per heavy atom. The summed E-state index contributed by atoms with van der Waals surface area (Å²) < 4.78 is 4.42. The van der Waals surface area contributed by atoms with E-state index in [0.29, 0.717) is 0 Å². The van der Waals surface area contributed by atoms with Gasteiger partial charge >= 0.3 is 6.09 Å². The van der Waals surface area contributed by atoms with Gasteiger partial charge in [-0.1, -0.05) is 25.1 Å². The number of rotatable bonds is 3. The maximum Gasteiger partial charge on any atom is 0.427 e. The molecule has 0 saturated heterocycles. The van der Waals surface area contributed by atoms with Crippen molar-refractivity contribution in [3.63, 3.8) is 0 Å². The predicted octanol–water partition coefficient (Wildman–Crippen LogP) is 2.42. The first-order chi connectivity index (χ1) is 8.76. The molecule has 0 unspecified atom stereocenters. The third-order valence-corrected chi connectivity index (χ3v) is 2.76. The lowest BCUT2D eigenvalue weighted by Crippen LogP contribution is -2.16. The number of fused-ring (bicyclic) bond motifs is 1. The smallest absolute Gasteiger partial charge is 0.427 e.